The van der Waals surface area contributed by atoms with Crippen molar-refractivity contribution in [3.8, 4) is 0 Å². The standard InChI is InChI=1S/C13H16N4O/c1-8(2)17-10-5-6-15-13-12(10)9(7-16-13)3-4-11(14)18/h3-8H,1-2H3,(H2,14,18)(H2,15,16,17). The molecule has 0 aliphatic carbocycles. The molecule has 5 nitrogen and oxygen atoms in total. The number of carbonyl (C=O) groups is 1. The number of pyridine rings is 1. The fourth-order valence-corrected chi connectivity index (χ4v) is 1.82. The van der Waals surface area contributed by atoms with E-state index in [0.29, 0.717) is 6.04 Å². The van der Waals surface area contributed by atoms with Crippen molar-refractivity contribution in [1.82, 2.24) is 9.97 Å². The van der Waals surface area contributed by atoms with Gasteiger partial charge in [0.15, 0.2) is 0 Å². The van der Waals surface area contributed by atoms with Crippen LogP contribution in [-0.4, -0.2) is 21.9 Å². The van der Waals surface area contributed by atoms with Gasteiger partial charge < -0.3 is 16.0 Å². The topological polar surface area (TPSA) is 83.8 Å². The number of H-pyrrole nitrogens is 1. The minimum atomic E-state index is -0.466. The molecule has 0 radical (unpaired) electrons. The minimum absolute atomic E-state index is 0.318. The highest BCUT2D eigenvalue weighted by atomic mass is 16.1. The Labute approximate surface area is 105 Å². The minimum Gasteiger partial charge on any atom is -0.382 e. The van der Waals surface area contributed by atoms with Crippen LogP contribution in [0.1, 0.15) is 19.4 Å². The van der Waals surface area contributed by atoms with E-state index in [4.69, 9.17) is 5.73 Å². The van der Waals surface area contributed by atoms with Crippen molar-refractivity contribution in [1.29, 1.82) is 0 Å². The molecule has 0 spiro atoms. The largest absolute Gasteiger partial charge is 0.382 e. The molecule has 0 aliphatic rings. The van der Waals surface area contributed by atoms with E-state index in [1.807, 2.05) is 12.3 Å². The van der Waals surface area contributed by atoms with Crippen molar-refractivity contribution in [2.24, 2.45) is 5.73 Å². The zero-order valence-electron chi connectivity index (χ0n) is 10.4. The van der Waals surface area contributed by atoms with Crippen LogP contribution < -0.4 is 11.1 Å². The molecule has 2 rings (SSSR count). The molecule has 5 heteroatoms. The molecule has 0 aromatic carbocycles. The van der Waals surface area contributed by atoms with Gasteiger partial charge in [-0.15, -0.1) is 0 Å². The molecular weight excluding hydrogens is 228 g/mol. The molecule has 0 aliphatic heterocycles. The molecule has 1 amide bonds. The van der Waals surface area contributed by atoms with Gasteiger partial charge in [0, 0.05) is 41.1 Å². The number of amides is 1. The van der Waals surface area contributed by atoms with Gasteiger partial charge in [-0.2, -0.15) is 0 Å². The highest BCUT2D eigenvalue weighted by molar-refractivity contribution is 5.99. The SMILES string of the molecule is CC(C)Nc1ccnc2[nH]cc(C=CC(N)=O)c12. The summed E-state index contributed by atoms with van der Waals surface area (Å²) in [4.78, 5) is 18.1. The van der Waals surface area contributed by atoms with E-state index in [2.05, 4.69) is 29.1 Å². The molecule has 0 saturated heterocycles. The first-order valence-electron chi connectivity index (χ1n) is 5.78. The Bertz CT molecular complexity index is 598. The lowest BCUT2D eigenvalue weighted by molar-refractivity contribution is -0.113. The zero-order chi connectivity index (χ0) is 13.1. The monoisotopic (exact) mass is 244 g/mol. The van der Waals surface area contributed by atoms with E-state index < -0.39 is 5.91 Å². The Kier molecular flexibility index (Phi) is 3.32. The highest BCUT2D eigenvalue weighted by Crippen LogP contribution is 2.26. The van der Waals surface area contributed by atoms with Crippen molar-refractivity contribution >= 4 is 28.7 Å². The van der Waals surface area contributed by atoms with Gasteiger partial charge in [-0.25, -0.2) is 4.98 Å². The van der Waals surface area contributed by atoms with E-state index in [0.717, 1.165) is 22.3 Å². The third kappa shape index (κ3) is 2.51. The summed E-state index contributed by atoms with van der Waals surface area (Å²) in [5.74, 6) is -0.466. The molecule has 2 heterocycles. The molecule has 2 aromatic heterocycles. The van der Waals surface area contributed by atoms with Gasteiger partial charge >= 0.3 is 0 Å². The van der Waals surface area contributed by atoms with E-state index in [-0.39, 0.29) is 0 Å². The number of aromatic amines is 1. The molecule has 94 valence electrons. The Morgan fingerprint density at radius 1 is 1.56 bits per heavy atom. The number of fused-ring (bicyclic) bond motifs is 1. The van der Waals surface area contributed by atoms with Gasteiger partial charge in [-0.1, -0.05) is 0 Å². The number of primary amides is 1. The summed E-state index contributed by atoms with van der Waals surface area (Å²) in [6.45, 7) is 4.13. The maximum absolute atomic E-state index is 10.8. The number of nitrogens with zero attached hydrogens (tertiary/aromatic N) is 1. The number of hydrogen-bond donors (Lipinski definition) is 3. The Morgan fingerprint density at radius 2 is 2.33 bits per heavy atom. The third-order valence-corrected chi connectivity index (χ3v) is 2.48. The summed E-state index contributed by atoms with van der Waals surface area (Å²) < 4.78 is 0. The molecular formula is C13H16N4O. The number of rotatable bonds is 4. The molecule has 0 unspecified atom stereocenters. The second kappa shape index (κ2) is 4.91. The maximum atomic E-state index is 10.8. The lowest BCUT2D eigenvalue weighted by Gasteiger charge is -2.11. The Morgan fingerprint density at radius 3 is 3.00 bits per heavy atom. The van der Waals surface area contributed by atoms with Gasteiger partial charge in [0.05, 0.1) is 0 Å². The lowest BCUT2D eigenvalue weighted by Crippen LogP contribution is -2.10. The van der Waals surface area contributed by atoms with Crippen LogP contribution in [0, 0.1) is 0 Å². The van der Waals surface area contributed by atoms with Gasteiger partial charge in [0.1, 0.15) is 5.65 Å². The molecule has 0 saturated carbocycles. The third-order valence-electron chi connectivity index (χ3n) is 2.48. The van der Waals surface area contributed by atoms with Crippen LogP contribution in [0.4, 0.5) is 5.69 Å². The van der Waals surface area contributed by atoms with Crippen molar-refractivity contribution < 1.29 is 4.79 Å². The van der Waals surface area contributed by atoms with Gasteiger partial charge in [0.25, 0.3) is 0 Å². The van der Waals surface area contributed by atoms with Crippen LogP contribution in [0.25, 0.3) is 17.1 Å². The second-order valence-electron chi connectivity index (χ2n) is 4.36. The van der Waals surface area contributed by atoms with E-state index in [1.165, 1.54) is 6.08 Å². The summed E-state index contributed by atoms with van der Waals surface area (Å²) in [6.07, 6.45) is 6.58. The van der Waals surface area contributed by atoms with Crippen LogP contribution in [0.2, 0.25) is 0 Å². The highest BCUT2D eigenvalue weighted by Gasteiger charge is 2.08. The van der Waals surface area contributed by atoms with Crippen molar-refractivity contribution in [3.63, 3.8) is 0 Å². The second-order valence-corrected chi connectivity index (χ2v) is 4.36. The fraction of sp³-hybridized carbons (Fsp3) is 0.231. The van der Waals surface area contributed by atoms with E-state index in [1.54, 1.807) is 12.3 Å². The molecule has 18 heavy (non-hydrogen) atoms. The summed E-state index contributed by atoms with van der Waals surface area (Å²) in [6, 6.07) is 2.23. The maximum Gasteiger partial charge on any atom is 0.241 e. The van der Waals surface area contributed by atoms with Crippen molar-refractivity contribution in [2.75, 3.05) is 5.32 Å². The normalized spacial score (nSPS) is 11.5. The summed E-state index contributed by atoms with van der Waals surface area (Å²) in [5, 5.41) is 4.31. The number of carbonyl (C=O) groups excluding carboxylic acids is 1. The lowest BCUT2D eigenvalue weighted by atomic mass is 10.1. The number of anilines is 1. The number of nitrogens with one attached hydrogen (secondary N) is 2. The van der Waals surface area contributed by atoms with Gasteiger partial charge in [0.2, 0.25) is 5.91 Å². The average Bonchev–Trinajstić information content (AvgIpc) is 2.70. The fourth-order valence-electron chi connectivity index (χ4n) is 1.82. The number of hydrogen-bond acceptors (Lipinski definition) is 3. The summed E-state index contributed by atoms with van der Waals surface area (Å²) in [5.41, 5.74) is 7.76. The van der Waals surface area contributed by atoms with Crippen LogP contribution in [-0.2, 0) is 4.79 Å². The first kappa shape index (κ1) is 12.2. The average molecular weight is 244 g/mol. The van der Waals surface area contributed by atoms with Gasteiger partial charge in [-0.3, -0.25) is 4.79 Å². The van der Waals surface area contributed by atoms with Crippen LogP contribution in [0.5, 0.6) is 0 Å². The molecule has 0 bridgehead atoms. The molecule has 2 aromatic rings. The van der Waals surface area contributed by atoms with Crippen LogP contribution in [0.15, 0.2) is 24.5 Å². The van der Waals surface area contributed by atoms with Crippen molar-refractivity contribution in [2.45, 2.75) is 19.9 Å². The number of aromatic nitrogens is 2. The summed E-state index contributed by atoms with van der Waals surface area (Å²) in [7, 11) is 0. The zero-order valence-corrected chi connectivity index (χ0v) is 10.4. The Balaban J connectivity index is 2.51. The first-order chi connectivity index (χ1) is 8.58. The molecule has 0 atom stereocenters. The van der Waals surface area contributed by atoms with Crippen molar-refractivity contribution in [3.05, 3.63) is 30.1 Å². The van der Waals surface area contributed by atoms with Gasteiger partial charge in [-0.05, 0) is 26.0 Å². The predicted octanol–water partition coefficient (Wildman–Crippen LogP) is 1.88. The summed E-state index contributed by atoms with van der Waals surface area (Å²) >= 11 is 0. The molecule has 4 N–H and O–H groups in total. The smallest absolute Gasteiger partial charge is 0.241 e. The first-order valence-corrected chi connectivity index (χ1v) is 5.78. The van der Waals surface area contributed by atoms with E-state index >= 15 is 0 Å². The quantitative estimate of drug-likeness (QED) is 0.718. The van der Waals surface area contributed by atoms with Crippen LogP contribution >= 0.6 is 0 Å². The van der Waals surface area contributed by atoms with Crippen LogP contribution in [0.3, 0.4) is 0 Å². The Hall–Kier alpha value is -2.30. The predicted molar refractivity (Wildman–Crippen MR) is 73.1 cm³/mol. The number of nitrogens with two attached hydrogens (primary N) is 1. The van der Waals surface area contributed by atoms with E-state index in [9.17, 15) is 4.79 Å². The molecule has 0 fully saturated rings.